The quantitative estimate of drug-likeness (QED) is 0.813. The average molecular weight is 257 g/mol. The standard InChI is InChI=1S/C11H17ClN4O/c1-4-9-14-8(12)7-10(15-9)13-6-5-11(17)16(2)3/h7H,4-6H2,1-3H3,(H,13,14,15). The van der Waals surface area contributed by atoms with Crippen LogP contribution in [-0.4, -0.2) is 41.4 Å². The molecule has 0 radical (unpaired) electrons. The molecule has 1 aromatic heterocycles. The fourth-order valence-corrected chi connectivity index (χ4v) is 1.44. The first kappa shape index (κ1) is 13.7. The summed E-state index contributed by atoms with van der Waals surface area (Å²) in [5.74, 6) is 1.43. The lowest BCUT2D eigenvalue weighted by atomic mass is 10.3. The lowest BCUT2D eigenvalue weighted by molar-refractivity contribution is -0.128. The molecule has 94 valence electrons. The number of hydrogen-bond acceptors (Lipinski definition) is 4. The Hall–Kier alpha value is -1.36. The summed E-state index contributed by atoms with van der Waals surface area (Å²) < 4.78 is 0. The zero-order valence-electron chi connectivity index (χ0n) is 10.3. The van der Waals surface area contributed by atoms with Crippen molar-refractivity contribution >= 4 is 23.3 Å². The summed E-state index contributed by atoms with van der Waals surface area (Å²) in [6.45, 7) is 2.50. The first-order valence-corrected chi connectivity index (χ1v) is 5.88. The number of nitrogens with one attached hydrogen (secondary N) is 1. The smallest absolute Gasteiger partial charge is 0.223 e. The third kappa shape index (κ3) is 4.56. The van der Waals surface area contributed by atoms with Gasteiger partial charge in [-0.2, -0.15) is 0 Å². The van der Waals surface area contributed by atoms with Crippen molar-refractivity contribution in [3.8, 4) is 0 Å². The van der Waals surface area contributed by atoms with Crippen LogP contribution in [0.15, 0.2) is 6.07 Å². The van der Waals surface area contributed by atoms with Crippen molar-refractivity contribution in [2.24, 2.45) is 0 Å². The lowest BCUT2D eigenvalue weighted by Gasteiger charge is -2.11. The van der Waals surface area contributed by atoms with E-state index in [9.17, 15) is 4.79 Å². The molecule has 17 heavy (non-hydrogen) atoms. The van der Waals surface area contributed by atoms with Gasteiger partial charge in [-0.25, -0.2) is 9.97 Å². The molecule has 0 aromatic carbocycles. The molecule has 1 amide bonds. The molecule has 0 atom stereocenters. The van der Waals surface area contributed by atoms with Crippen LogP contribution in [0, 0.1) is 0 Å². The molecule has 0 spiro atoms. The van der Waals surface area contributed by atoms with Crippen LogP contribution >= 0.6 is 11.6 Å². The molecule has 0 unspecified atom stereocenters. The van der Waals surface area contributed by atoms with Gasteiger partial charge in [0, 0.05) is 39.5 Å². The van der Waals surface area contributed by atoms with Crippen LogP contribution in [0.1, 0.15) is 19.2 Å². The fourth-order valence-electron chi connectivity index (χ4n) is 1.23. The van der Waals surface area contributed by atoms with Gasteiger partial charge < -0.3 is 10.2 Å². The van der Waals surface area contributed by atoms with E-state index >= 15 is 0 Å². The Morgan fingerprint density at radius 1 is 1.47 bits per heavy atom. The zero-order chi connectivity index (χ0) is 12.8. The van der Waals surface area contributed by atoms with E-state index in [1.807, 2.05) is 6.92 Å². The van der Waals surface area contributed by atoms with Crippen LogP contribution in [0.3, 0.4) is 0 Å². The average Bonchev–Trinajstić information content (AvgIpc) is 2.27. The van der Waals surface area contributed by atoms with Gasteiger partial charge in [0.1, 0.15) is 16.8 Å². The zero-order valence-corrected chi connectivity index (χ0v) is 11.1. The molecule has 0 fully saturated rings. The van der Waals surface area contributed by atoms with Gasteiger partial charge in [0.2, 0.25) is 5.91 Å². The normalized spacial score (nSPS) is 10.1. The molecule has 0 aliphatic heterocycles. The van der Waals surface area contributed by atoms with E-state index in [0.29, 0.717) is 29.8 Å². The van der Waals surface area contributed by atoms with E-state index in [1.165, 1.54) is 0 Å². The monoisotopic (exact) mass is 256 g/mol. The van der Waals surface area contributed by atoms with Crippen molar-refractivity contribution in [3.05, 3.63) is 17.0 Å². The molecule has 5 nitrogen and oxygen atoms in total. The minimum absolute atomic E-state index is 0.0772. The van der Waals surface area contributed by atoms with Crippen molar-refractivity contribution in [1.82, 2.24) is 14.9 Å². The largest absolute Gasteiger partial charge is 0.369 e. The summed E-state index contributed by atoms with van der Waals surface area (Å²) in [6, 6.07) is 1.65. The molecule has 1 rings (SSSR count). The number of rotatable bonds is 5. The van der Waals surface area contributed by atoms with Crippen molar-refractivity contribution in [2.75, 3.05) is 26.0 Å². The van der Waals surface area contributed by atoms with Crippen LogP contribution in [0.4, 0.5) is 5.82 Å². The molecule has 1 heterocycles. The van der Waals surface area contributed by atoms with Crippen molar-refractivity contribution in [1.29, 1.82) is 0 Å². The van der Waals surface area contributed by atoms with Crippen LogP contribution < -0.4 is 5.32 Å². The number of carbonyl (C=O) groups excluding carboxylic acids is 1. The van der Waals surface area contributed by atoms with Gasteiger partial charge in [-0.3, -0.25) is 4.79 Å². The van der Waals surface area contributed by atoms with Gasteiger partial charge in [0.05, 0.1) is 0 Å². The number of aryl methyl sites for hydroxylation is 1. The van der Waals surface area contributed by atoms with E-state index in [4.69, 9.17) is 11.6 Å². The van der Waals surface area contributed by atoms with Crippen LogP contribution in [0.5, 0.6) is 0 Å². The van der Waals surface area contributed by atoms with Gasteiger partial charge >= 0.3 is 0 Å². The number of aromatic nitrogens is 2. The predicted molar refractivity (Wildman–Crippen MR) is 68.2 cm³/mol. The number of carbonyl (C=O) groups is 1. The highest BCUT2D eigenvalue weighted by Gasteiger charge is 2.05. The van der Waals surface area contributed by atoms with Crippen LogP contribution in [0.2, 0.25) is 5.15 Å². The first-order chi connectivity index (χ1) is 8.02. The van der Waals surface area contributed by atoms with Gasteiger partial charge in [-0.05, 0) is 0 Å². The predicted octanol–water partition coefficient (Wildman–Crippen LogP) is 1.58. The van der Waals surface area contributed by atoms with E-state index in [0.717, 1.165) is 6.42 Å². The Labute approximate surface area is 106 Å². The molecular weight excluding hydrogens is 240 g/mol. The second kappa shape index (κ2) is 6.39. The molecule has 0 aliphatic rings. The maximum Gasteiger partial charge on any atom is 0.223 e. The summed E-state index contributed by atoms with van der Waals surface area (Å²) >= 11 is 5.85. The Bertz CT molecular complexity index is 395. The highest BCUT2D eigenvalue weighted by Crippen LogP contribution is 2.11. The topological polar surface area (TPSA) is 58.1 Å². The summed E-state index contributed by atoms with van der Waals surface area (Å²) in [7, 11) is 3.47. The number of nitrogens with zero attached hydrogens (tertiary/aromatic N) is 3. The molecule has 0 saturated heterocycles. The minimum Gasteiger partial charge on any atom is -0.369 e. The fraction of sp³-hybridized carbons (Fsp3) is 0.545. The van der Waals surface area contributed by atoms with Crippen molar-refractivity contribution < 1.29 is 4.79 Å². The number of halogens is 1. The molecule has 1 aromatic rings. The van der Waals surface area contributed by atoms with Crippen molar-refractivity contribution in [2.45, 2.75) is 19.8 Å². The summed E-state index contributed by atoms with van der Waals surface area (Å²) in [6.07, 6.45) is 1.15. The molecular formula is C11H17ClN4O. The Kier molecular flexibility index (Phi) is 5.15. The van der Waals surface area contributed by atoms with E-state index in [1.54, 1.807) is 25.1 Å². The van der Waals surface area contributed by atoms with E-state index in [-0.39, 0.29) is 5.91 Å². The summed E-state index contributed by atoms with van der Waals surface area (Å²) in [5.41, 5.74) is 0. The van der Waals surface area contributed by atoms with Crippen LogP contribution in [0.25, 0.3) is 0 Å². The highest BCUT2D eigenvalue weighted by atomic mass is 35.5. The SMILES string of the molecule is CCc1nc(Cl)cc(NCCC(=O)N(C)C)n1. The van der Waals surface area contributed by atoms with Gasteiger partial charge in [0.15, 0.2) is 0 Å². The van der Waals surface area contributed by atoms with Gasteiger partial charge in [-0.15, -0.1) is 0 Å². The number of anilines is 1. The summed E-state index contributed by atoms with van der Waals surface area (Å²) in [5, 5.41) is 3.48. The Balaban J connectivity index is 2.52. The maximum atomic E-state index is 11.4. The molecule has 6 heteroatoms. The first-order valence-electron chi connectivity index (χ1n) is 5.50. The van der Waals surface area contributed by atoms with E-state index in [2.05, 4.69) is 15.3 Å². The van der Waals surface area contributed by atoms with E-state index < -0.39 is 0 Å². The molecule has 1 N–H and O–H groups in total. The maximum absolute atomic E-state index is 11.4. The second-order valence-corrected chi connectivity index (χ2v) is 4.20. The molecule has 0 aliphatic carbocycles. The van der Waals surface area contributed by atoms with Crippen LogP contribution in [-0.2, 0) is 11.2 Å². The molecule has 0 bridgehead atoms. The Morgan fingerprint density at radius 2 is 2.18 bits per heavy atom. The lowest BCUT2D eigenvalue weighted by Crippen LogP contribution is -2.24. The summed E-state index contributed by atoms with van der Waals surface area (Å²) in [4.78, 5) is 21.2. The minimum atomic E-state index is 0.0772. The highest BCUT2D eigenvalue weighted by molar-refractivity contribution is 6.29. The third-order valence-electron chi connectivity index (χ3n) is 2.20. The van der Waals surface area contributed by atoms with Gasteiger partial charge in [0.25, 0.3) is 0 Å². The van der Waals surface area contributed by atoms with Crippen molar-refractivity contribution in [3.63, 3.8) is 0 Å². The van der Waals surface area contributed by atoms with Gasteiger partial charge in [-0.1, -0.05) is 18.5 Å². The number of hydrogen-bond donors (Lipinski definition) is 1. The molecule has 0 saturated carbocycles. The second-order valence-electron chi connectivity index (χ2n) is 3.81. The Morgan fingerprint density at radius 3 is 2.76 bits per heavy atom. The third-order valence-corrected chi connectivity index (χ3v) is 2.39. The number of amides is 1.